The van der Waals surface area contributed by atoms with E-state index >= 15 is 0 Å². The standard InChI is InChI=1S/C17H15N3O/c1-11-6-7-12(10-15(11)18)20-17(21)14-8-9-19-16-5-3-2-4-13(14)16/h2-10H,18H2,1H3,(H,20,21). The normalized spacial score (nSPS) is 10.5. The molecule has 3 aromatic rings. The number of carbonyl (C=O) groups excluding carboxylic acids is 1. The molecule has 1 aromatic heterocycles. The van der Waals surface area contributed by atoms with Gasteiger partial charge >= 0.3 is 0 Å². The zero-order chi connectivity index (χ0) is 14.8. The molecule has 0 aliphatic carbocycles. The second-order valence-electron chi connectivity index (χ2n) is 4.90. The first-order valence-electron chi connectivity index (χ1n) is 6.66. The Morgan fingerprint density at radius 1 is 1.14 bits per heavy atom. The van der Waals surface area contributed by atoms with E-state index in [2.05, 4.69) is 10.3 Å². The zero-order valence-corrected chi connectivity index (χ0v) is 11.6. The summed E-state index contributed by atoms with van der Waals surface area (Å²) in [6, 6.07) is 14.8. The van der Waals surface area contributed by atoms with Gasteiger partial charge in [0, 0.05) is 23.0 Å². The van der Waals surface area contributed by atoms with Crippen molar-refractivity contribution in [3.8, 4) is 0 Å². The van der Waals surface area contributed by atoms with Crippen LogP contribution >= 0.6 is 0 Å². The van der Waals surface area contributed by atoms with E-state index in [0.717, 1.165) is 16.5 Å². The second kappa shape index (κ2) is 5.25. The number of fused-ring (bicyclic) bond motifs is 1. The summed E-state index contributed by atoms with van der Waals surface area (Å²) in [5, 5.41) is 3.70. The van der Waals surface area contributed by atoms with Gasteiger partial charge < -0.3 is 11.1 Å². The number of aryl methyl sites for hydroxylation is 1. The molecule has 0 atom stereocenters. The fourth-order valence-electron chi connectivity index (χ4n) is 2.21. The van der Waals surface area contributed by atoms with Gasteiger partial charge in [-0.25, -0.2) is 0 Å². The number of nitrogens with zero attached hydrogens (tertiary/aromatic N) is 1. The number of hydrogen-bond donors (Lipinski definition) is 2. The minimum Gasteiger partial charge on any atom is -0.398 e. The molecule has 1 amide bonds. The summed E-state index contributed by atoms with van der Waals surface area (Å²) in [4.78, 5) is 16.7. The Kier molecular flexibility index (Phi) is 3.28. The van der Waals surface area contributed by atoms with Crippen molar-refractivity contribution in [1.29, 1.82) is 0 Å². The maximum Gasteiger partial charge on any atom is 0.256 e. The van der Waals surface area contributed by atoms with Crippen molar-refractivity contribution in [2.45, 2.75) is 6.92 Å². The highest BCUT2D eigenvalue weighted by atomic mass is 16.1. The van der Waals surface area contributed by atoms with Gasteiger partial charge in [0.15, 0.2) is 0 Å². The van der Waals surface area contributed by atoms with Crippen LogP contribution < -0.4 is 11.1 Å². The number of carbonyl (C=O) groups is 1. The summed E-state index contributed by atoms with van der Waals surface area (Å²) in [6.07, 6.45) is 1.64. The maximum absolute atomic E-state index is 12.4. The van der Waals surface area contributed by atoms with Crippen LogP contribution in [0.4, 0.5) is 11.4 Å². The van der Waals surface area contributed by atoms with Gasteiger partial charge in [0.1, 0.15) is 0 Å². The number of nitrogens with two attached hydrogens (primary N) is 1. The van der Waals surface area contributed by atoms with E-state index in [4.69, 9.17) is 5.73 Å². The van der Waals surface area contributed by atoms with Crippen molar-refractivity contribution in [1.82, 2.24) is 4.98 Å². The van der Waals surface area contributed by atoms with E-state index in [1.807, 2.05) is 43.3 Å². The fourth-order valence-corrected chi connectivity index (χ4v) is 2.21. The average molecular weight is 277 g/mol. The molecule has 4 nitrogen and oxygen atoms in total. The molecule has 0 bridgehead atoms. The first-order chi connectivity index (χ1) is 10.1. The largest absolute Gasteiger partial charge is 0.398 e. The van der Waals surface area contributed by atoms with Crippen LogP contribution in [0.5, 0.6) is 0 Å². The number of para-hydroxylation sites is 1. The molecule has 3 N–H and O–H groups in total. The second-order valence-corrected chi connectivity index (χ2v) is 4.90. The number of benzene rings is 2. The molecule has 0 spiro atoms. The lowest BCUT2D eigenvalue weighted by Crippen LogP contribution is -2.12. The van der Waals surface area contributed by atoms with Crippen molar-refractivity contribution >= 4 is 28.2 Å². The highest BCUT2D eigenvalue weighted by molar-refractivity contribution is 6.12. The number of anilines is 2. The number of hydrogen-bond acceptors (Lipinski definition) is 3. The molecule has 2 aromatic carbocycles. The van der Waals surface area contributed by atoms with Crippen molar-refractivity contribution in [3.05, 3.63) is 65.9 Å². The summed E-state index contributed by atoms with van der Waals surface area (Å²) in [7, 11) is 0. The average Bonchev–Trinajstić information content (AvgIpc) is 2.50. The van der Waals surface area contributed by atoms with Crippen LogP contribution in [0.25, 0.3) is 10.9 Å². The molecule has 3 rings (SSSR count). The molecular weight excluding hydrogens is 262 g/mol. The first-order valence-corrected chi connectivity index (χ1v) is 6.66. The molecule has 4 heteroatoms. The van der Waals surface area contributed by atoms with Gasteiger partial charge in [-0.3, -0.25) is 9.78 Å². The first kappa shape index (κ1) is 13.1. The number of rotatable bonds is 2. The topological polar surface area (TPSA) is 68.0 Å². The molecule has 0 saturated carbocycles. The summed E-state index contributed by atoms with van der Waals surface area (Å²) < 4.78 is 0. The molecular formula is C17H15N3O. The van der Waals surface area contributed by atoms with Crippen LogP contribution in [0.1, 0.15) is 15.9 Å². The number of aromatic nitrogens is 1. The van der Waals surface area contributed by atoms with E-state index in [-0.39, 0.29) is 5.91 Å². The Bertz CT molecular complexity index is 822. The fraction of sp³-hybridized carbons (Fsp3) is 0.0588. The third-order valence-electron chi connectivity index (χ3n) is 3.43. The SMILES string of the molecule is Cc1ccc(NC(=O)c2ccnc3ccccc23)cc1N. The number of nitrogens with one attached hydrogen (secondary N) is 1. The molecule has 21 heavy (non-hydrogen) atoms. The lowest BCUT2D eigenvalue weighted by molar-refractivity contribution is 0.102. The van der Waals surface area contributed by atoms with Crippen LogP contribution in [0.2, 0.25) is 0 Å². The van der Waals surface area contributed by atoms with Crippen LogP contribution in [0.15, 0.2) is 54.7 Å². The molecule has 0 radical (unpaired) electrons. The number of amides is 1. The third kappa shape index (κ3) is 2.56. The highest BCUT2D eigenvalue weighted by Crippen LogP contribution is 2.20. The number of pyridine rings is 1. The van der Waals surface area contributed by atoms with Gasteiger partial charge in [-0.2, -0.15) is 0 Å². The van der Waals surface area contributed by atoms with Crippen LogP contribution in [0, 0.1) is 6.92 Å². The van der Waals surface area contributed by atoms with Crippen molar-refractivity contribution in [2.24, 2.45) is 0 Å². The van der Waals surface area contributed by atoms with Crippen molar-refractivity contribution in [2.75, 3.05) is 11.1 Å². The van der Waals surface area contributed by atoms with Gasteiger partial charge in [0.05, 0.1) is 11.1 Å². The molecule has 0 saturated heterocycles. The lowest BCUT2D eigenvalue weighted by atomic mass is 10.1. The molecule has 0 aliphatic rings. The minimum atomic E-state index is -0.170. The maximum atomic E-state index is 12.4. The molecule has 0 unspecified atom stereocenters. The Morgan fingerprint density at radius 2 is 1.95 bits per heavy atom. The summed E-state index contributed by atoms with van der Waals surface area (Å²) in [6.45, 7) is 1.93. The van der Waals surface area contributed by atoms with E-state index in [1.165, 1.54) is 0 Å². The number of nitrogen functional groups attached to an aromatic ring is 1. The molecule has 1 heterocycles. The van der Waals surface area contributed by atoms with Gasteiger partial charge in [-0.15, -0.1) is 0 Å². The van der Waals surface area contributed by atoms with Crippen molar-refractivity contribution < 1.29 is 4.79 Å². The third-order valence-corrected chi connectivity index (χ3v) is 3.43. The minimum absolute atomic E-state index is 0.170. The highest BCUT2D eigenvalue weighted by Gasteiger charge is 2.10. The predicted molar refractivity (Wildman–Crippen MR) is 85.3 cm³/mol. The molecule has 0 aliphatic heterocycles. The Balaban J connectivity index is 1.95. The van der Waals surface area contributed by atoms with E-state index in [9.17, 15) is 4.79 Å². The van der Waals surface area contributed by atoms with Gasteiger partial charge in [0.25, 0.3) is 5.91 Å². The van der Waals surface area contributed by atoms with Gasteiger partial charge in [0.2, 0.25) is 0 Å². The van der Waals surface area contributed by atoms with Crippen LogP contribution in [-0.4, -0.2) is 10.9 Å². The van der Waals surface area contributed by atoms with E-state index in [0.29, 0.717) is 16.9 Å². The van der Waals surface area contributed by atoms with Crippen molar-refractivity contribution in [3.63, 3.8) is 0 Å². The van der Waals surface area contributed by atoms with Gasteiger partial charge in [-0.1, -0.05) is 24.3 Å². The monoisotopic (exact) mass is 277 g/mol. The zero-order valence-electron chi connectivity index (χ0n) is 11.6. The van der Waals surface area contributed by atoms with Crippen LogP contribution in [0.3, 0.4) is 0 Å². The quantitative estimate of drug-likeness (QED) is 0.706. The molecule has 0 fully saturated rings. The summed E-state index contributed by atoms with van der Waals surface area (Å²) in [5.74, 6) is -0.170. The Morgan fingerprint density at radius 3 is 2.76 bits per heavy atom. The van der Waals surface area contributed by atoms with E-state index in [1.54, 1.807) is 18.3 Å². The smallest absolute Gasteiger partial charge is 0.256 e. The summed E-state index contributed by atoms with van der Waals surface area (Å²) in [5.41, 5.74) is 9.59. The Hall–Kier alpha value is -2.88. The van der Waals surface area contributed by atoms with E-state index < -0.39 is 0 Å². The molecule has 104 valence electrons. The lowest BCUT2D eigenvalue weighted by Gasteiger charge is -2.09. The summed E-state index contributed by atoms with van der Waals surface area (Å²) >= 11 is 0. The van der Waals surface area contributed by atoms with Gasteiger partial charge in [-0.05, 0) is 36.8 Å². The predicted octanol–water partition coefficient (Wildman–Crippen LogP) is 3.38. The van der Waals surface area contributed by atoms with Crippen LogP contribution in [-0.2, 0) is 0 Å². The Labute approximate surface area is 122 Å².